The Hall–Kier alpha value is -1.92. The first-order valence-electron chi connectivity index (χ1n) is 6.89. The van der Waals surface area contributed by atoms with Gasteiger partial charge in [0.1, 0.15) is 5.51 Å². The largest absolute Gasteiger partial charge is 0.349 e. The molecule has 0 aliphatic carbocycles. The molecule has 1 heterocycles. The van der Waals surface area contributed by atoms with Gasteiger partial charge in [-0.25, -0.2) is 0 Å². The number of amides is 1. The lowest BCUT2D eigenvalue weighted by molar-refractivity contribution is -0.119. The zero-order valence-corrected chi connectivity index (χ0v) is 13.7. The number of aromatic nitrogens is 2. The fraction of sp³-hybridized carbons (Fsp3) is 0.188. The number of benzene rings is 2. The van der Waals surface area contributed by atoms with E-state index in [1.165, 1.54) is 33.9 Å². The van der Waals surface area contributed by atoms with E-state index in [9.17, 15) is 4.79 Å². The molecule has 6 heteroatoms. The molecule has 0 fully saturated rings. The van der Waals surface area contributed by atoms with Crippen molar-refractivity contribution in [2.75, 3.05) is 5.75 Å². The summed E-state index contributed by atoms with van der Waals surface area (Å²) in [4.78, 5) is 12.0. The molecule has 0 radical (unpaired) electrons. The van der Waals surface area contributed by atoms with Crippen LogP contribution in [0.4, 0.5) is 0 Å². The van der Waals surface area contributed by atoms with Crippen molar-refractivity contribution in [3.63, 3.8) is 0 Å². The molecule has 0 spiro atoms. The van der Waals surface area contributed by atoms with Crippen LogP contribution in [-0.4, -0.2) is 21.9 Å². The van der Waals surface area contributed by atoms with E-state index in [0.29, 0.717) is 5.75 Å². The topological polar surface area (TPSA) is 54.9 Å². The van der Waals surface area contributed by atoms with Crippen LogP contribution in [0.2, 0.25) is 0 Å². The lowest BCUT2D eigenvalue weighted by atomic mass is 10.0. The summed E-state index contributed by atoms with van der Waals surface area (Å²) in [5, 5.41) is 13.1. The quantitative estimate of drug-likeness (QED) is 0.726. The fourth-order valence-corrected chi connectivity index (χ4v) is 3.50. The summed E-state index contributed by atoms with van der Waals surface area (Å²) in [5.41, 5.74) is 2.77. The Morgan fingerprint density at radius 1 is 1.27 bits per heavy atom. The highest BCUT2D eigenvalue weighted by Gasteiger charge is 2.11. The Kier molecular flexibility index (Phi) is 4.70. The maximum absolute atomic E-state index is 12.0. The number of carbonyl (C=O) groups is 1. The molecule has 22 heavy (non-hydrogen) atoms. The molecular weight excluding hydrogens is 314 g/mol. The summed E-state index contributed by atoms with van der Waals surface area (Å²) in [6.45, 7) is 2.00. The highest BCUT2D eigenvalue weighted by atomic mass is 32.2. The van der Waals surface area contributed by atoms with Crippen LogP contribution in [0, 0.1) is 0 Å². The molecule has 0 bridgehead atoms. The van der Waals surface area contributed by atoms with Gasteiger partial charge in [0, 0.05) is 0 Å². The summed E-state index contributed by atoms with van der Waals surface area (Å²) < 4.78 is 0.813. The average molecular weight is 329 g/mol. The first-order chi connectivity index (χ1) is 10.7. The number of rotatable bonds is 5. The van der Waals surface area contributed by atoms with Crippen molar-refractivity contribution >= 4 is 39.8 Å². The lowest BCUT2D eigenvalue weighted by Gasteiger charge is -2.14. The molecule has 0 unspecified atom stereocenters. The Labute approximate surface area is 137 Å². The number of nitrogens with one attached hydrogen (secondary N) is 1. The summed E-state index contributed by atoms with van der Waals surface area (Å²) >= 11 is 2.85. The first kappa shape index (κ1) is 15.0. The Bertz CT molecular complexity index is 774. The summed E-state index contributed by atoms with van der Waals surface area (Å²) in [6, 6.07) is 14.5. The first-order valence-corrected chi connectivity index (χ1v) is 8.76. The van der Waals surface area contributed by atoms with Crippen molar-refractivity contribution in [2.45, 2.75) is 17.3 Å². The van der Waals surface area contributed by atoms with Gasteiger partial charge in [-0.15, -0.1) is 10.2 Å². The van der Waals surface area contributed by atoms with Crippen molar-refractivity contribution < 1.29 is 4.79 Å². The second kappa shape index (κ2) is 6.89. The van der Waals surface area contributed by atoms with Crippen LogP contribution in [0.25, 0.3) is 10.8 Å². The smallest absolute Gasteiger partial charge is 0.230 e. The molecule has 0 aliphatic rings. The molecule has 0 saturated heterocycles. The standard InChI is InChI=1S/C16H15N3OS2/c1-11(18-15(20)9-21-16-19-17-10-22-16)13-7-6-12-4-2-3-5-14(12)8-13/h2-8,10-11H,9H2,1H3,(H,18,20)/t11-/m1/s1. The Balaban J connectivity index is 1.62. The van der Waals surface area contributed by atoms with Gasteiger partial charge in [-0.3, -0.25) is 4.79 Å². The van der Waals surface area contributed by atoms with E-state index >= 15 is 0 Å². The average Bonchev–Trinajstić information content (AvgIpc) is 3.06. The molecule has 3 aromatic rings. The molecule has 1 amide bonds. The van der Waals surface area contributed by atoms with Crippen LogP contribution in [0.15, 0.2) is 52.3 Å². The van der Waals surface area contributed by atoms with Gasteiger partial charge in [0.25, 0.3) is 0 Å². The van der Waals surface area contributed by atoms with Gasteiger partial charge < -0.3 is 5.32 Å². The maximum atomic E-state index is 12.0. The molecule has 3 rings (SSSR count). The number of hydrogen-bond acceptors (Lipinski definition) is 5. The zero-order chi connectivity index (χ0) is 15.4. The van der Waals surface area contributed by atoms with Crippen LogP contribution in [0.1, 0.15) is 18.5 Å². The van der Waals surface area contributed by atoms with Gasteiger partial charge >= 0.3 is 0 Å². The molecule has 0 saturated carbocycles. The Morgan fingerprint density at radius 3 is 2.86 bits per heavy atom. The monoisotopic (exact) mass is 329 g/mol. The van der Waals surface area contributed by atoms with Gasteiger partial charge in [-0.05, 0) is 29.3 Å². The van der Waals surface area contributed by atoms with E-state index in [1.807, 2.05) is 19.1 Å². The minimum absolute atomic E-state index is 0.000795. The maximum Gasteiger partial charge on any atom is 0.230 e. The molecular formula is C16H15N3OS2. The van der Waals surface area contributed by atoms with E-state index in [2.05, 4.69) is 45.8 Å². The second-order valence-corrected chi connectivity index (χ2v) is 6.94. The minimum atomic E-state index is -0.0212. The SMILES string of the molecule is C[C@@H](NC(=O)CSc1nncs1)c1ccc2ccccc2c1. The number of thioether (sulfide) groups is 1. The number of hydrogen-bond donors (Lipinski definition) is 1. The van der Waals surface area contributed by atoms with Crippen molar-refractivity contribution in [1.29, 1.82) is 0 Å². The normalized spacial score (nSPS) is 12.2. The van der Waals surface area contributed by atoms with Crippen molar-refractivity contribution in [3.05, 3.63) is 53.5 Å². The summed E-state index contributed by atoms with van der Waals surface area (Å²) in [7, 11) is 0. The highest BCUT2D eigenvalue weighted by molar-refractivity contribution is 8.01. The fourth-order valence-electron chi connectivity index (χ4n) is 2.20. The van der Waals surface area contributed by atoms with Crippen LogP contribution < -0.4 is 5.32 Å². The minimum Gasteiger partial charge on any atom is -0.349 e. The van der Waals surface area contributed by atoms with Gasteiger partial charge in [-0.1, -0.05) is 59.5 Å². The number of carbonyl (C=O) groups excluding carboxylic acids is 1. The van der Waals surface area contributed by atoms with E-state index in [-0.39, 0.29) is 11.9 Å². The third-order valence-corrected chi connectivity index (χ3v) is 5.18. The van der Waals surface area contributed by atoms with E-state index < -0.39 is 0 Å². The van der Waals surface area contributed by atoms with Crippen LogP contribution >= 0.6 is 23.1 Å². The number of nitrogens with zero attached hydrogens (tertiary/aromatic N) is 2. The molecule has 1 aromatic heterocycles. The predicted molar refractivity (Wildman–Crippen MR) is 91.1 cm³/mol. The van der Waals surface area contributed by atoms with E-state index in [4.69, 9.17) is 0 Å². The van der Waals surface area contributed by atoms with Crippen LogP contribution in [-0.2, 0) is 4.79 Å². The molecule has 4 nitrogen and oxygen atoms in total. The van der Waals surface area contributed by atoms with Crippen molar-refractivity contribution in [1.82, 2.24) is 15.5 Å². The highest BCUT2D eigenvalue weighted by Crippen LogP contribution is 2.21. The van der Waals surface area contributed by atoms with Crippen molar-refractivity contribution in [2.24, 2.45) is 0 Å². The summed E-state index contributed by atoms with van der Waals surface area (Å²) in [5.74, 6) is 0.355. The Morgan fingerprint density at radius 2 is 2.09 bits per heavy atom. The number of fused-ring (bicyclic) bond motifs is 1. The lowest BCUT2D eigenvalue weighted by Crippen LogP contribution is -2.28. The van der Waals surface area contributed by atoms with Crippen LogP contribution in [0.3, 0.4) is 0 Å². The molecule has 112 valence electrons. The molecule has 1 N–H and O–H groups in total. The summed E-state index contributed by atoms with van der Waals surface area (Å²) in [6.07, 6.45) is 0. The van der Waals surface area contributed by atoms with Gasteiger partial charge in [-0.2, -0.15) is 0 Å². The third-order valence-electron chi connectivity index (χ3n) is 3.32. The van der Waals surface area contributed by atoms with E-state index in [1.54, 1.807) is 5.51 Å². The second-order valence-electron chi connectivity index (χ2n) is 4.89. The van der Waals surface area contributed by atoms with Gasteiger partial charge in [0.2, 0.25) is 5.91 Å². The van der Waals surface area contributed by atoms with E-state index in [0.717, 1.165) is 9.90 Å². The van der Waals surface area contributed by atoms with Crippen molar-refractivity contribution in [3.8, 4) is 0 Å². The predicted octanol–water partition coefficient (Wildman–Crippen LogP) is 3.66. The zero-order valence-electron chi connectivity index (χ0n) is 12.0. The van der Waals surface area contributed by atoms with Crippen LogP contribution in [0.5, 0.6) is 0 Å². The molecule has 2 aromatic carbocycles. The molecule has 1 atom stereocenters. The molecule has 0 aliphatic heterocycles. The van der Waals surface area contributed by atoms with Gasteiger partial charge in [0.05, 0.1) is 11.8 Å². The van der Waals surface area contributed by atoms with Gasteiger partial charge in [0.15, 0.2) is 4.34 Å². The third kappa shape index (κ3) is 3.64.